The van der Waals surface area contributed by atoms with E-state index in [4.69, 9.17) is 9.40 Å². The Morgan fingerprint density at radius 2 is 2.15 bits per heavy atom. The Morgan fingerprint density at radius 3 is 2.92 bits per heavy atom. The zero-order chi connectivity index (χ0) is 27.0. The number of hydrogen-bond acceptors (Lipinski definition) is 10. The number of anilines is 2. The molecule has 0 unspecified atom stereocenters. The van der Waals surface area contributed by atoms with Crippen molar-refractivity contribution in [3.05, 3.63) is 65.3 Å². The van der Waals surface area contributed by atoms with Crippen LogP contribution in [0.1, 0.15) is 65.6 Å². The lowest BCUT2D eigenvalue weighted by atomic mass is 9.96. The van der Waals surface area contributed by atoms with E-state index in [-0.39, 0.29) is 29.9 Å². The number of amides is 1. The van der Waals surface area contributed by atoms with Gasteiger partial charge in [-0.3, -0.25) is 14.8 Å². The van der Waals surface area contributed by atoms with Crippen molar-refractivity contribution < 1.29 is 14.3 Å². The van der Waals surface area contributed by atoms with Crippen molar-refractivity contribution in [2.75, 3.05) is 25.0 Å². The maximum Gasteiger partial charge on any atom is 0.309 e. The number of aliphatic hydroxyl groups excluding tert-OH is 1. The summed E-state index contributed by atoms with van der Waals surface area (Å²) in [7, 11) is 0. The minimum Gasteiger partial charge on any atom is -0.416 e. The number of aliphatic hydroxyl groups is 1. The van der Waals surface area contributed by atoms with E-state index >= 15 is 0 Å². The quantitative estimate of drug-likeness (QED) is 0.267. The number of fused-ring (bicyclic) bond motifs is 1. The lowest BCUT2D eigenvalue weighted by Crippen LogP contribution is -2.31. The number of rotatable bonds is 8. The average Bonchev–Trinajstić information content (AvgIpc) is 3.33. The van der Waals surface area contributed by atoms with Crippen LogP contribution >= 0.6 is 0 Å². The van der Waals surface area contributed by atoms with Gasteiger partial charge in [0.2, 0.25) is 11.8 Å². The molecule has 1 fully saturated rings. The van der Waals surface area contributed by atoms with Gasteiger partial charge in [-0.15, -0.1) is 10.2 Å². The summed E-state index contributed by atoms with van der Waals surface area (Å²) in [5.41, 5.74) is 5.37. The van der Waals surface area contributed by atoms with Crippen LogP contribution in [0, 0.1) is 6.92 Å². The third-order valence-electron chi connectivity index (χ3n) is 7.53. The number of nitrogens with zero attached hydrogens (tertiary/aromatic N) is 6. The molecule has 3 aromatic heterocycles. The molecule has 4 aromatic rings. The van der Waals surface area contributed by atoms with E-state index < -0.39 is 0 Å². The second-order valence-corrected chi connectivity index (χ2v) is 10.5. The molecule has 0 spiro atoms. The number of aryl methyl sites for hydroxylation is 1. The number of aromatic nitrogens is 6. The van der Waals surface area contributed by atoms with Crippen LogP contribution in [0.2, 0.25) is 0 Å². The first-order chi connectivity index (χ1) is 18.9. The fraction of sp³-hybridized carbons (Fsp3) is 0.407. The first-order valence-electron chi connectivity index (χ1n) is 13.1. The lowest BCUT2D eigenvalue weighted by Gasteiger charge is -2.19. The number of carbonyl (C=O) groups excluding carboxylic acids is 1. The van der Waals surface area contributed by atoms with Crippen LogP contribution in [0.15, 0.2) is 41.1 Å². The van der Waals surface area contributed by atoms with Crippen LogP contribution in [-0.4, -0.2) is 66.0 Å². The van der Waals surface area contributed by atoms with Crippen molar-refractivity contribution in [1.29, 1.82) is 0 Å². The molecule has 1 aliphatic heterocycles. The van der Waals surface area contributed by atoms with Gasteiger partial charge in [-0.05, 0) is 49.4 Å². The summed E-state index contributed by atoms with van der Waals surface area (Å²) >= 11 is 0. The highest BCUT2D eigenvalue weighted by molar-refractivity contribution is 5.89. The third-order valence-corrected chi connectivity index (χ3v) is 7.53. The van der Waals surface area contributed by atoms with Gasteiger partial charge < -0.3 is 20.2 Å². The topological polar surface area (TPSA) is 158 Å². The fourth-order valence-corrected chi connectivity index (χ4v) is 4.87. The van der Waals surface area contributed by atoms with Gasteiger partial charge in [0.05, 0.1) is 35.9 Å². The number of H-pyrrole nitrogens is 1. The highest BCUT2D eigenvalue weighted by Crippen LogP contribution is 2.46. The van der Waals surface area contributed by atoms with E-state index in [1.54, 1.807) is 12.4 Å². The van der Waals surface area contributed by atoms with Gasteiger partial charge in [0.15, 0.2) is 0 Å². The second kappa shape index (κ2) is 10.2. The molecule has 0 saturated heterocycles. The van der Waals surface area contributed by atoms with E-state index in [1.807, 2.05) is 25.1 Å². The molecule has 4 heterocycles. The Hall–Kier alpha value is -4.16. The second-order valence-electron chi connectivity index (χ2n) is 10.5. The molecule has 1 aromatic carbocycles. The number of carbonyl (C=O) groups is 1. The Balaban J connectivity index is 1.26. The predicted octanol–water partition coefficient (Wildman–Crippen LogP) is 3.02. The molecule has 0 radical (unpaired) electrons. The summed E-state index contributed by atoms with van der Waals surface area (Å²) in [4.78, 5) is 24.3. The van der Waals surface area contributed by atoms with Crippen molar-refractivity contribution in [3.63, 3.8) is 0 Å². The minimum absolute atomic E-state index is 0.0124. The first-order valence-corrected chi connectivity index (χ1v) is 13.1. The third kappa shape index (κ3) is 5.25. The molecule has 12 heteroatoms. The predicted molar refractivity (Wildman–Crippen MR) is 142 cm³/mol. The summed E-state index contributed by atoms with van der Waals surface area (Å²) < 4.78 is 5.72. The first kappa shape index (κ1) is 25.1. The molecule has 0 bridgehead atoms. The summed E-state index contributed by atoms with van der Waals surface area (Å²) in [6.07, 6.45) is 6.07. The SMILES string of the molecule is Cc1[nH]ncc1Nc1nccc(-c2ccc3c(c2)CN(CCO)CC[C@H]3NC(=O)c2nnc(C3(C)CC3)o2)n1. The van der Waals surface area contributed by atoms with Crippen molar-refractivity contribution >= 4 is 17.5 Å². The zero-order valence-corrected chi connectivity index (χ0v) is 21.9. The van der Waals surface area contributed by atoms with Crippen molar-refractivity contribution in [2.45, 2.75) is 51.1 Å². The van der Waals surface area contributed by atoms with Crippen molar-refractivity contribution in [3.8, 4) is 11.3 Å². The molecular formula is C27H31N9O3. The summed E-state index contributed by atoms with van der Waals surface area (Å²) in [5.74, 6) is 0.601. The molecule has 1 amide bonds. The number of hydrogen-bond donors (Lipinski definition) is 4. The maximum absolute atomic E-state index is 13.1. The monoisotopic (exact) mass is 529 g/mol. The molecule has 1 aliphatic carbocycles. The van der Waals surface area contributed by atoms with Crippen LogP contribution < -0.4 is 10.6 Å². The van der Waals surface area contributed by atoms with E-state index in [9.17, 15) is 9.90 Å². The molecule has 6 rings (SSSR count). The minimum atomic E-state index is -0.380. The fourth-order valence-electron chi connectivity index (χ4n) is 4.87. The van der Waals surface area contributed by atoms with Crippen LogP contribution in [0.5, 0.6) is 0 Å². The van der Waals surface area contributed by atoms with Gasteiger partial charge in [0.25, 0.3) is 0 Å². The zero-order valence-electron chi connectivity index (χ0n) is 21.9. The van der Waals surface area contributed by atoms with Gasteiger partial charge in [0, 0.05) is 36.8 Å². The van der Waals surface area contributed by atoms with Gasteiger partial charge in [-0.25, -0.2) is 9.97 Å². The molecule has 4 N–H and O–H groups in total. The highest BCUT2D eigenvalue weighted by Gasteiger charge is 2.44. The molecule has 2 aliphatic rings. The van der Waals surface area contributed by atoms with E-state index in [2.05, 4.69) is 53.9 Å². The highest BCUT2D eigenvalue weighted by atomic mass is 16.4. The van der Waals surface area contributed by atoms with Crippen LogP contribution in [0.3, 0.4) is 0 Å². The van der Waals surface area contributed by atoms with Crippen LogP contribution in [0.25, 0.3) is 11.3 Å². The van der Waals surface area contributed by atoms with Crippen LogP contribution in [-0.2, 0) is 12.0 Å². The number of aromatic amines is 1. The summed E-state index contributed by atoms with van der Waals surface area (Å²) in [5, 5.41) is 31.0. The maximum atomic E-state index is 13.1. The van der Waals surface area contributed by atoms with Crippen molar-refractivity contribution in [1.82, 2.24) is 40.6 Å². The molecule has 1 atom stereocenters. The van der Waals surface area contributed by atoms with Crippen molar-refractivity contribution in [2.24, 2.45) is 0 Å². The molecular weight excluding hydrogens is 498 g/mol. The van der Waals surface area contributed by atoms with Gasteiger partial charge in [0.1, 0.15) is 0 Å². The average molecular weight is 530 g/mol. The van der Waals surface area contributed by atoms with Crippen LogP contribution in [0.4, 0.5) is 11.6 Å². The molecule has 12 nitrogen and oxygen atoms in total. The number of benzene rings is 1. The van der Waals surface area contributed by atoms with E-state index in [0.29, 0.717) is 37.9 Å². The normalized spacial score (nSPS) is 18.3. The summed E-state index contributed by atoms with van der Waals surface area (Å²) in [6.45, 7) is 5.94. The number of β-amino-alcohol motifs (C(OH)–C–C–N with tert-alkyl or cyclic N) is 1. The number of nitrogens with one attached hydrogen (secondary N) is 3. The smallest absolute Gasteiger partial charge is 0.309 e. The van der Waals surface area contributed by atoms with Gasteiger partial charge in [-0.2, -0.15) is 5.10 Å². The Bertz CT molecular complexity index is 1490. The standard InChI is InChI=1S/C27H31N9O3/c1-16-22(14-29-33-16)32-26-28-9-5-20(31-26)17-3-4-19-18(13-17)15-36(11-12-37)10-6-21(19)30-23(38)24-34-35-25(39-24)27(2)7-8-27/h3-5,9,13-14,21,37H,6-8,10-12,15H2,1-2H3,(H,29,33)(H,30,38)(H,28,31,32)/t21-/m1/s1. The Kier molecular flexibility index (Phi) is 6.57. The van der Waals surface area contributed by atoms with Gasteiger partial charge in [-0.1, -0.05) is 19.1 Å². The lowest BCUT2D eigenvalue weighted by molar-refractivity contribution is 0.0894. The van der Waals surface area contributed by atoms with E-state index in [0.717, 1.165) is 46.6 Å². The molecule has 202 valence electrons. The van der Waals surface area contributed by atoms with E-state index in [1.165, 1.54) is 0 Å². The molecule has 39 heavy (non-hydrogen) atoms. The van der Waals surface area contributed by atoms with Gasteiger partial charge >= 0.3 is 11.8 Å². The largest absolute Gasteiger partial charge is 0.416 e. The Labute approximate surface area is 225 Å². The summed E-state index contributed by atoms with van der Waals surface area (Å²) in [6, 6.07) is 7.76. The Morgan fingerprint density at radius 1 is 1.28 bits per heavy atom. The molecule has 1 saturated carbocycles.